The van der Waals surface area contributed by atoms with E-state index >= 15 is 0 Å². The van der Waals surface area contributed by atoms with Gasteiger partial charge in [-0.3, -0.25) is 4.98 Å². The first kappa shape index (κ1) is 18.6. The quantitative estimate of drug-likeness (QED) is 0.676. The molecule has 1 aliphatic heterocycles. The van der Waals surface area contributed by atoms with Crippen LogP contribution in [0.5, 0.6) is 0 Å². The second-order valence-electron chi connectivity index (χ2n) is 6.85. The minimum atomic E-state index is -3.50. The first-order valence-corrected chi connectivity index (χ1v) is 10.7. The number of para-hydroxylation sites is 1. The molecule has 4 rings (SSSR count). The van der Waals surface area contributed by atoms with E-state index in [1.165, 1.54) is 10.5 Å². The van der Waals surface area contributed by atoms with E-state index in [-0.39, 0.29) is 4.90 Å². The zero-order valence-electron chi connectivity index (χ0n) is 16.0. The predicted octanol–water partition coefficient (Wildman–Crippen LogP) is 2.40. The summed E-state index contributed by atoms with van der Waals surface area (Å²) in [6.45, 7) is 6.18. The van der Waals surface area contributed by atoms with Crippen LogP contribution in [0.2, 0.25) is 0 Å². The van der Waals surface area contributed by atoms with Gasteiger partial charge in [0.05, 0.1) is 22.8 Å². The fraction of sp³-hybridized carbons (Fsp3) is 0.300. The van der Waals surface area contributed by atoms with Crippen molar-refractivity contribution < 1.29 is 8.42 Å². The van der Waals surface area contributed by atoms with Gasteiger partial charge in [-0.2, -0.15) is 9.40 Å². The van der Waals surface area contributed by atoms with Gasteiger partial charge in [0, 0.05) is 38.6 Å². The maximum Gasteiger partial charge on any atom is 0.244 e. The molecule has 0 bridgehead atoms. The Balaban J connectivity index is 1.54. The summed E-state index contributed by atoms with van der Waals surface area (Å²) < 4.78 is 29.1. The summed E-state index contributed by atoms with van der Waals surface area (Å²) in [4.78, 5) is 6.41. The highest BCUT2D eigenvalue weighted by Gasteiger charge is 2.30. The number of rotatable bonds is 4. The molecule has 1 saturated heterocycles. The van der Waals surface area contributed by atoms with E-state index in [9.17, 15) is 8.42 Å². The van der Waals surface area contributed by atoms with Gasteiger partial charge in [0.25, 0.3) is 0 Å². The third kappa shape index (κ3) is 3.29. The van der Waals surface area contributed by atoms with Crippen molar-refractivity contribution in [3.8, 4) is 5.69 Å². The number of hydrogen-bond acceptors (Lipinski definition) is 5. The molecule has 8 heteroatoms. The largest absolute Gasteiger partial charge is 0.366 e. The molecular formula is C20H23N5O2S. The molecule has 0 saturated carbocycles. The molecule has 0 amide bonds. The summed E-state index contributed by atoms with van der Waals surface area (Å²) in [7, 11) is -3.50. The lowest BCUT2D eigenvalue weighted by Crippen LogP contribution is -2.49. The van der Waals surface area contributed by atoms with Crippen molar-refractivity contribution in [3.05, 3.63) is 66.2 Å². The van der Waals surface area contributed by atoms with E-state index in [0.717, 1.165) is 22.8 Å². The van der Waals surface area contributed by atoms with Crippen molar-refractivity contribution in [3.63, 3.8) is 0 Å². The molecule has 1 aliphatic rings. The summed E-state index contributed by atoms with van der Waals surface area (Å²) in [6, 6.07) is 13.3. The monoisotopic (exact) mass is 397 g/mol. The molecule has 1 aromatic carbocycles. The first-order chi connectivity index (χ1) is 13.5. The lowest BCUT2D eigenvalue weighted by molar-refractivity contribution is 0.384. The molecule has 0 unspecified atom stereocenters. The molecule has 28 heavy (non-hydrogen) atoms. The maximum absolute atomic E-state index is 12.8. The first-order valence-electron chi connectivity index (χ1n) is 9.25. The number of anilines is 1. The summed E-state index contributed by atoms with van der Waals surface area (Å²) in [5, 5.41) is 4.71. The van der Waals surface area contributed by atoms with Crippen LogP contribution in [0.25, 0.3) is 5.69 Å². The predicted molar refractivity (Wildman–Crippen MR) is 108 cm³/mol. The lowest BCUT2D eigenvalue weighted by Gasteiger charge is -2.35. The van der Waals surface area contributed by atoms with Crippen LogP contribution in [-0.2, 0) is 10.0 Å². The van der Waals surface area contributed by atoms with E-state index < -0.39 is 10.0 Å². The topological polar surface area (TPSA) is 71.3 Å². The number of benzene rings is 1. The highest BCUT2D eigenvalue weighted by atomic mass is 32.2. The second kappa shape index (κ2) is 7.37. The molecule has 146 valence electrons. The Hall–Kier alpha value is -2.71. The van der Waals surface area contributed by atoms with Crippen molar-refractivity contribution in [2.45, 2.75) is 18.7 Å². The smallest absolute Gasteiger partial charge is 0.244 e. The SMILES string of the molecule is Cc1nn(-c2ccccc2)c(C)c1N1CCN(S(=O)(=O)c2cccnc2)CC1. The Morgan fingerprint density at radius 3 is 2.29 bits per heavy atom. The van der Waals surface area contributed by atoms with Crippen LogP contribution in [0.1, 0.15) is 11.4 Å². The summed E-state index contributed by atoms with van der Waals surface area (Å²) >= 11 is 0. The number of sulfonamides is 1. The molecule has 3 aromatic rings. The van der Waals surface area contributed by atoms with Crippen molar-refractivity contribution in [2.24, 2.45) is 0 Å². The molecule has 0 spiro atoms. The van der Waals surface area contributed by atoms with Gasteiger partial charge in [-0.15, -0.1) is 0 Å². The Morgan fingerprint density at radius 2 is 1.64 bits per heavy atom. The normalized spacial score (nSPS) is 15.7. The van der Waals surface area contributed by atoms with Crippen molar-refractivity contribution in [2.75, 3.05) is 31.1 Å². The Kier molecular flexibility index (Phi) is 4.91. The summed E-state index contributed by atoms with van der Waals surface area (Å²) in [5.74, 6) is 0. The van der Waals surface area contributed by atoms with E-state index in [1.807, 2.05) is 41.9 Å². The van der Waals surface area contributed by atoms with Gasteiger partial charge < -0.3 is 4.90 Å². The Morgan fingerprint density at radius 1 is 0.929 bits per heavy atom. The highest BCUT2D eigenvalue weighted by Crippen LogP contribution is 2.28. The fourth-order valence-electron chi connectivity index (χ4n) is 3.71. The van der Waals surface area contributed by atoms with Crippen molar-refractivity contribution in [1.82, 2.24) is 19.1 Å². The second-order valence-corrected chi connectivity index (χ2v) is 8.78. The van der Waals surface area contributed by atoms with E-state index in [2.05, 4.69) is 16.8 Å². The summed E-state index contributed by atoms with van der Waals surface area (Å²) in [5.41, 5.74) is 4.12. The molecule has 3 heterocycles. The molecule has 7 nitrogen and oxygen atoms in total. The average molecular weight is 398 g/mol. The van der Waals surface area contributed by atoms with Crippen LogP contribution in [-0.4, -0.2) is 53.7 Å². The zero-order valence-corrected chi connectivity index (χ0v) is 16.8. The standard InChI is InChI=1S/C20H23N5O2S/c1-16-20(17(2)25(22-16)18-7-4-3-5-8-18)23-11-13-24(14-12-23)28(26,27)19-9-6-10-21-15-19/h3-10,15H,11-14H2,1-2H3. The third-order valence-corrected chi connectivity index (χ3v) is 6.96. The van der Waals surface area contributed by atoms with Gasteiger partial charge in [0.1, 0.15) is 4.90 Å². The number of aryl methyl sites for hydroxylation is 1. The van der Waals surface area contributed by atoms with E-state index in [1.54, 1.807) is 18.3 Å². The van der Waals surface area contributed by atoms with Crippen LogP contribution in [0.15, 0.2) is 59.8 Å². The van der Waals surface area contributed by atoms with Gasteiger partial charge in [-0.25, -0.2) is 13.1 Å². The lowest BCUT2D eigenvalue weighted by atomic mass is 10.2. The van der Waals surface area contributed by atoms with Crippen LogP contribution in [0, 0.1) is 13.8 Å². The molecule has 2 aromatic heterocycles. The number of piperazine rings is 1. The van der Waals surface area contributed by atoms with Gasteiger partial charge in [-0.05, 0) is 38.1 Å². The van der Waals surface area contributed by atoms with Crippen LogP contribution in [0.4, 0.5) is 5.69 Å². The van der Waals surface area contributed by atoms with Gasteiger partial charge in [0.15, 0.2) is 0 Å². The highest BCUT2D eigenvalue weighted by molar-refractivity contribution is 7.89. The molecule has 0 atom stereocenters. The zero-order chi connectivity index (χ0) is 19.7. The van der Waals surface area contributed by atoms with Crippen molar-refractivity contribution >= 4 is 15.7 Å². The number of aromatic nitrogens is 3. The van der Waals surface area contributed by atoms with Gasteiger partial charge in [-0.1, -0.05) is 18.2 Å². The van der Waals surface area contributed by atoms with Crippen LogP contribution in [0.3, 0.4) is 0 Å². The number of nitrogens with zero attached hydrogens (tertiary/aromatic N) is 5. The maximum atomic E-state index is 12.8. The van der Waals surface area contributed by atoms with Crippen molar-refractivity contribution in [1.29, 1.82) is 0 Å². The minimum Gasteiger partial charge on any atom is -0.366 e. The van der Waals surface area contributed by atoms with Gasteiger partial charge >= 0.3 is 0 Å². The van der Waals surface area contributed by atoms with Crippen LogP contribution < -0.4 is 4.90 Å². The van der Waals surface area contributed by atoms with Crippen LogP contribution >= 0.6 is 0 Å². The average Bonchev–Trinajstić information content (AvgIpc) is 3.03. The molecule has 0 radical (unpaired) electrons. The van der Waals surface area contributed by atoms with Gasteiger partial charge in [0.2, 0.25) is 10.0 Å². The molecule has 0 N–H and O–H groups in total. The van der Waals surface area contributed by atoms with E-state index in [0.29, 0.717) is 26.2 Å². The minimum absolute atomic E-state index is 0.243. The fourth-order valence-corrected chi connectivity index (χ4v) is 5.10. The molecular weight excluding hydrogens is 374 g/mol. The van der Waals surface area contributed by atoms with E-state index in [4.69, 9.17) is 5.10 Å². The third-order valence-electron chi connectivity index (χ3n) is 5.08. The molecule has 1 fully saturated rings. The molecule has 0 aliphatic carbocycles. The summed E-state index contributed by atoms with van der Waals surface area (Å²) in [6.07, 6.45) is 2.98. The number of pyridine rings is 1. The Bertz CT molecular complexity index is 1060. The Labute approximate surface area is 165 Å². The number of hydrogen-bond donors (Lipinski definition) is 0.